The topological polar surface area (TPSA) is 97.4 Å². The van der Waals surface area contributed by atoms with E-state index in [2.05, 4.69) is 5.32 Å². The van der Waals surface area contributed by atoms with Crippen molar-refractivity contribution in [2.75, 3.05) is 6.54 Å². The van der Waals surface area contributed by atoms with E-state index >= 15 is 0 Å². The third kappa shape index (κ3) is 3.07. The number of carbonyl (C=O) groups excluding carboxylic acids is 1. The molecule has 0 radical (unpaired) electrons. The van der Waals surface area contributed by atoms with Gasteiger partial charge in [0.25, 0.3) is 11.6 Å². The number of carbonyl (C=O) groups is 1. The molecule has 2 saturated carbocycles. The van der Waals surface area contributed by atoms with Crippen LogP contribution in [-0.4, -0.2) is 33.2 Å². The first kappa shape index (κ1) is 14.1. The molecule has 7 nitrogen and oxygen atoms in total. The van der Waals surface area contributed by atoms with E-state index in [4.69, 9.17) is 0 Å². The summed E-state index contributed by atoms with van der Waals surface area (Å²) < 4.78 is 1.72. The van der Waals surface area contributed by atoms with E-state index in [1.807, 2.05) is 0 Å². The highest BCUT2D eigenvalue weighted by molar-refractivity contribution is 5.93. The summed E-state index contributed by atoms with van der Waals surface area (Å²) in [6, 6.07) is 1.56. The fourth-order valence-corrected chi connectivity index (χ4v) is 2.96. The Hall–Kier alpha value is -1.89. The van der Waals surface area contributed by atoms with Crippen LogP contribution in [0.1, 0.15) is 48.6 Å². The lowest BCUT2D eigenvalue weighted by molar-refractivity contribution is -0.384. The second-order valence-electron chi connectivity index (χ2n) is 6.02. The first-order chi connectivity index (χ1) is 10.0. The Morgan fingerprint density at radius 2 is 2.19 bits per heavy atom. The Kier molecular flexibility index (Phi) is 3.67. The number of nitro groups is 1. The quantitative estimate of drug-likeness (QED) is 0.636. The molecule has 2 aliphatic rings. The van der Waals surface area contributed by atoms with Gasteiger partial charge < -0.3 is 15.0 Å². The van der Waals surface area contributed by atoms with Crippen LogP contribution in [0.3, 0.4) is 0 Å². The molecule has 7 heteroatoms. The molecule has 0 aliphatic heterocycles. The van der Waals surface area contributed by atoms with Gasteiger partial charge in [-0.15, -0.1) is 0 Å². The molecule has 1 amide bonds. The highest BCUT2D eigenvalue weighted by atomic mass is 16.6. The van der Waals surface area contributed by atoms with Crippen molar-refractivity contribution in [3.05, 3.63) is 28.1 Å². The van der Waals surface area contributed by atoms with Gasteiger partial charge in [-0.05, 0) is 38.0 Å². The van der Waals surface area contributed by atoms with E-state index in [-0.39, 0.29) is 23.7 Å². The maximum absolute atomic E-state index is 12.3. The summed E-state index contributed by atoms with van der Waals surface area (Å²) in [5.41, 5.74) is 0.325. The molecule has 1 aromatic rings. The van der Waals surface area contributed by atoms with Gasteiger partial charge in [-0.25, -0.2) is 0 Å². The average Bonchev–Trinajstić information content (AvgIpc) is 3.05. The molecule has 0 aromatic carbocycles. The number of aromatic nitrogens is 1. The lowest BCUT2D eigenvalue weighted by Gasteiger charge is -2.12. The van der Waals surface area contributed by atoms with Crippen molar-refractivity contribution < 1.29 is 14.8 Å². The second-order valence-corrected chi connectivity index (χ2v) is 6.02. The van der Waals surface area contributed by atoms with E-state index in [1.54, 1.807) is 4.57 Å². The predicted molar refractivity (Wildman–Crippen MR) is 75.0 cm³/mol. The first-order valence-electron chi connectivity index (χ1n) is 7.37. The van der Waals surface area contributed by atoms with Crippen LogP contribution in [0, 0.1) is 16.0 Å². The summed E-state index contributed by atoms with van der Waals surface area (Å²) in [5.74, 6) is 0.0275. The minimum atomic E-state index is -0.469. The van der Waals surface area contributed by atoms with Crippen molar-refractivity contribution in [1.29, 1.82) is 0 Å². The highest BCUT2D eigenvalue weighted by Gasteiger charge is 2.31. The second kappa shape index (κ2) is 5.48. The van der Waals surface area contributed by atoms with Crippen LogP contribution >= 0.6 is 0 Å². The summed E-state index contributed by atoms with van der Waals surface area (Å²) in [4.78, 5) is 22.7. The SMILES string of the molecule is O=C(NCC1CCC(O)C1)c1cc([N+](=O)[O-])cn1C1CC1. The molecule has 2 unspecified atom stereocenters. The number of aliphatic hydroxyl groups excluding tert-OH is 1. The zero-order valence-electron chi connectivity index (χ0n) is 11.7. The fourth-order valence-electron chi connectivity index (χ4n) is 2.96. The zero-order chi connectivity index (χ0) is 15.0. The largest absolute Gasteiger partial charge is 0.393 e. The van der Waals surface area contributed by atoms with Gasteiger partial charge in [0.2, 0.25) is 0 Å². The van der Waals surface area contributed by atoms with Crippen molar-refractivity contribution in [3.8, 4) is 0 Å². The lowest BCUT2D eigenvalue weighted by atomic mass is 10.1. The van der Waals surface area contributed by atoms with Gasteiger partial charge >= 0.3 is 0 Å². The maximum Gasteiger partial charge on any atom is 0.287 e. The molecule has 1 aromatic heterocycles. The van der Waals surface area contributed by atoms with E-state index < -0.39 is 4.92 Å². The third-order valence-electron chi connectivity index (χ3n) is 4.28. The molecule has 2 aliphatic carbocycles. The molecule has 3 rings (SSSR count). The van der Waals surface area contributed by atoms with Crippen LogP contribution in [-0.2, 0) is 0 Å². The molecule has 0 spiro atoms. The van der Waals surface area contributed by atoms with Gasteiger partial charge in [0.15, 0.2) is 0 Å². The Bertz CT molecular complexity index is 565. The molecule has 114 valence electrons. The van der Waals surface area contributed by atoms with Crippen LogP contribution in [0.5, 0.6) is 0 Å². The zero-order valence-corrected chi connectivity index (χ0v) is 11.7. The summed E-state index contributed by atoms with van der Waals surface area (Å²) >= 11 is 0. The van der Waals surface area contributed by atoms with Crippen LogP contribution in [0.25, 0.3) is 0 Å². The minimum absolute atomic E-state index is 0.0386. The molecule has 1 heterocycles. The summed E-state index contributed by atoms with van der Waals surface area (Å²) in [6.45, 7) is 0.513. The molecule has 2 fully saturated rings. The minimum Gasteiger partial charge on any atom is -0.393 e. The number of hydrogen-bond acceptors (Lipinski definition) is 4. The smallest absolute Gasteiger partial charge is 0.287 e. The van der Waals surface area contributed by atoms with Gasteiger partial charge in [-0.1, -0.05) is 0 Å². The van der Waals surface area contributed by atoms with Crippen LogP contribution in [0.4, 0.5) is 5.69 Å². The third-order valence-corrected chi connectivity index (χ3v) is 4.28. The molecular formula is C14H19N3O4. The van der Waals surface area contributed by atoms with Gasteiger partial charge in [-0.3, -0.25) is 14.9 Å². The highest BCUT2D eigenvalue weighted by Crippen LogP contribution is 2.37. The molecule has 0 bridgehead atoms. The van der Waals surface area contributed by atoms with Crippen molar-refractivity contribution in [2.24, 2.45) is 5.92 Å². The van der Waals surface area contributed by atoms with Crippen molar-refractivity contribution in [1.82, 2.24) is 9.88 Å². The number of nitrogens with one attached hydrogen (secondary N) is 1. The number of nitrogens with zero attached hydrogens (tertiary/aromatic N) is 2. The Morgan fingerprint density at radius 1 is 1.43 bits per heavy atom. The summed E-state index contributed by atoms with van der Waals surface area (Å²) in [5, 5.41) is 23.2. The van der Waals surface area contributed by atoms with Gasteiger partial charge in [0.1, 0.15) is 5.69 Å². The molecule has 2 N–H and O–H groups in total. The van der Waals surface area contributed by atoms with Crippen LogP contribution in [0.2, 0.25) is 0 Å². The van der Waals surface area contributed by atoms with Crippen molar-refractivity contribution >= 4 is 11.6 Å². The first-order valence-corrected chi connectivity index (χ1v) is 7.37. The number of rotatable bonds is 5. The standard InChI is InChI=1S/C14H19N3O4/c18-12-4-1-9(5-12)7-15-14(19)13-6-11(17(20)21)8-16(13)10-2-3-10/h6,8-10,12,18H,1-5,7H2,(H,15,19). The molecular weight excluding hydrogens is 274 g/mol. The lowest BCUT2D eigenvalue weighted by Crippen LogP contribution is -2.30. The van der Waals surface area contributed by atoms with E-state index in [9.17, 15) is 20.0 Å². The van der Waals surface area contributed by atoms with E-state index in [0.717, 1.165) is 25.7 Å². The Balaban J connectivity index is 1.67. The number of amides is 1. The monoisotopic (exact) mass is 293 g/mol. The molecule has 21 heavy (non-hydrogen) atoms. The Morgan fingerprint density at radius 3 is 2.76 bits per heavy atom. The average molecular weight is 293 g/mol. The molecule has 2 atom stereocenters. The number of aliphatic hydroxyl groups is 1. The van der Waals surface area contributed by atoms with Gasteiger partial charge in [0, 0.05) is 18.7 Å². The number of hydrogen-bond donors (Lipinski definition) is 2. The summed E-state index contributed by atoms with van der Waals surface area (Å²) in [7, 11) is 0. The van der Waals surface area contributed by atoms with Crippen molar-refractivity contribution in [3.63, 3.8) is 0 Å². The van der Waals surface area contributed by atoms with Gasteiger partial charge in [0.05, 0.1) is 17.2 Å². The molecule has 0 saturated heterocycles. The van der Waals surface area contributed by atoms with E-state index in [1.165, 1.54) is 12.3 Å². The Labute approximate surface area is 122 Å². The maximum atomic E-state index is 12.3. The van der Waals surface area contributed by atoms with Crippen molar-refractivity contribution in [2.45, 2.75) is 44.2 Å². The van der Waals surface area contributed by atoms with Gasteiger partial charge in [-0.2, -0.15) is 0 Å². The van der Waals surface area contributed by atoms with E-state index in [0.29, 0.717) is 24.6 Å². The normalized spacial score (nSPS) is 25.0. The van der Waals surface area contributed by atoms with Crippen LogP contribution in [0.15, 0.2) is 12.3 Å². The van der Waals surface area contributed by atoms with Crippen LogP contribution < -0.4 is 5.32 Å². The fraction of sp³-hybridized carbons (Fsp3) is 0.643. The predicted octanol–water partition coefficient (Wildman–Crippen LogP) is 1.62. The summed E-state index contributed by atoms with van der Waals surface area (Å²) in [6.07, 6.45) is 5.51.